The first-order valence-electron chi connectivity index (χ1n) is 11.3. The Bertz CT molecular complexity index is 1010. The molecular weight excluding hydrogens is 387 g/mol. The number of aliphatic hydroxyl groups excluding tert-OH is 1. The van der Waals surface area contributed by atoms with E-state index in [2.05, 4.69) is 64.4 Å². The Balaban J connectivity index is 1.24. The Hall–Kier alpha value is -2.69. The maximum atomic E-state index is 13.1. The molecule has 2 aliphatic heterocycles. The Kier molecular flexibility index (Phi) is 5.75. The van der Waals surface area contributed by atoms with Crippen LogP contribution in [0.4, 0.5) is 15.8 Å². The number of hydrogen-bond donors (Lipinski definition) is 1. The number of piperidine rings is 1. The van der Waals surface area contributed by atoms with Gasteiger partial charge in [0.1, 0.15) is 5.82 Å². The lowest BCUT2D eigenvalue weighted by Gasteiger charge is -2.39. The third kappa shape index (κ3) is 4.10. The summed E-state index contributed by atoms with van der Waals surface area (Å²) in [5, 5.41) is 10.4. The van der Waals surface area contributed by atoms with Gasteiger partial charge in [-0.1, -0.05) is 48.5 Å². The van der Waals surface area contributed by atoms with Crippen molar-refractivity contribution in [1.82, 2.24) is 4.90 Å². The van der Waals surface area contributed by atoms with Crippen LogP contribution in [0.3, 0.4) is 0 Å². The smallest absolute Gasteiger partial charge is 0.123 e. The van der Waals surface area contributed by atoms with Gasteiger partial charge in [-0.05, 0) is 67.3 Å². The van der Waals surface area contributed by atoms with Crippen LogP contribution in [0.2, 0.25) is 0 Å². The lowest BCUT2D eigenvalue weighted by Crippen LogP contribution is -2.45. The summed E-state index contributed by atoms with van der Waals surface area (Å²) in [7, 11) is 0. The summed E-state index contributed by atoms with van der Waals surface area (Å²) >= 11 is 0. The molecule has 31 heavy (non-hydrogen) atoms. The molecular formula is C27H29FN2O. The molecule has 2 aliphatic rings. The van der Waals surface area contributed by atoms with Gasteiger partial charge in [0.05, 0.1) is 6.10 Å². The second-order valence-electron chi connectivity index (χ2n) is 8.74. The van der Waals surface area contributed by atoms with E-state index in [4.69, 9.17) is 0 Å². The van der Waals surface area contributed by atoms with E-state index < -0.39 is 6.10 Å². The summed E-state index contributed by atoms with van der Waals surface area (Å²) in [6, 6.07) is 26.3. The summed E-state index contributed by atoms with van der Waals surface area (Å²) in [5.74, 6) is 0.243. The summed E-state index contributed by atoms with van der Waals surface area (Å²) in [4.78, 5) is 5.08. The maximum absolute atomic E-state index is 13.1. The van der Waals surface area contributed by atoms with Crippen LogP contribution in [0.25, 0.3) is 0 Å². The lowest BCUT2D eigenvalue weighted by atomic mass is 9.89. The predicted octanol–water partition coefficient (Wildman–Crippen LogP) is 5.65. The minimum atomic E-state index is -0.529. The fourth-order valence-electron chi connectivity index (χ4n) is 5.30. The molecule has 0 saturated carbocycles. The van der Waals surface area contributed by atoms with Crippen LogP contribution in [0.1, 0.15) is 42.4 Å². The van der Waals surface area contributed by atoms with Crippen LogP contribution < -0.4 is 4.90 Å². The molecule has 1 saturated heterocycles. The first kappa shape index (κ1) is 20.2. The highest BCUT2D eigenvalue weighted by molar-refractivity contribution is 5.72. The van der Waals surface area contributed by atoms with Gasteiger partial charge in [-0.3, -0.25) is 0 Å². The van der Waals surface area contributed by atoms with Gasteiger partial charge in [-0.25, -0.2) is 4.39 Å². The highest BCUT2D eigenvalue weighted by Gasteiger charge is 2.42. The van der Waals surface area contributed by atoms with Crippen LogP contribution >= 0.6 is 0 Å². The fourth-order valence-corrected chi connectivity index (χ4v) is 5.30. The molecule has 2 heterocycles. The van der Waals surface area contributed by atoms with Gasteiger partial charge in [0.25, 0.3) is 0 Å². The van der Waals surface area contributed by atoms with Gasteiger partial charge in [0.15, 0.2) is 0 Å². The predicted molar refractivity (Wildman–Crippen MR) is 123 cm³/mol. The number of benzene rings is 3. The van der Waals surface area contributed by atoms with Crippen molar-refractivity contribution in [1.29, 1.82) is 0 Å². The average molecular weight is 417 g/mol. The topological polar surface area (TPSA) is 26.7 Å². The van der Waals surface area contributed by atoms with Crippen molar-refractivity contribution in [2.75, 3.05) is 24.5 Å². The van der Waals surface area contributed by atoms with E-state index in [-0.39, 0.29) is 5.82 Å². The molecule has 3 aromatic carbocycles. The minimum Gasteiger partial charge on any atom is -0.388 e. The Morgan fingerprint density at radius 2 is 1.68 bits per heavy atom. The number of fused-ring (bicyclic) bond motifs is 3. The summed E-state index contributed by atoms with van der Waals surface area (Å²) < 4.78 is 13.1. The molecule has 160 valence electrons. The van der Waals surface area contributed by atoms with Gasteiger partial charge in [0.2, 0.25) is 0 Å². The van der Waals surface area contributed by atoms with Crippen molar-refractivity contribution in [3.05, 3.63) is 95.8 Å². The minimum absolute atomic E-state index is 0.264. The molecule has 3 atom stereocenters. The van der Waals surface area contributed by atoms with E-state index in [1.165, 1.54) is 29.1 Å². The number of likely N-dealkylation sites (tertiary alicyclic amines) is 1. The largest absolute Gasteiger partial charge is 0.388 e. The zero-order valence-electron chi connectivity index (χ0n) is 17.7. The van der Waals surface area contributed by atoms with Gasteiger partial charge in [0, 0.05) is 36.4 Å². The number of nitrogens with zero attached hydrogens (tertiary/aromatic N) is 2. The van der Waals surface area contributed by atoms with Gasteiger partial charge in [-0.15, -0.1) is 0 Å². The van der Waals surface area contributed by atoms with Crippen LogP contribution in [0.5, 0.6) is 0 Å². The maximum Gasteiger partial charge on any atom is 0.123 e. The molecule has 1 fully saturated rings. The number of hydrogen-bond acceptors (Lipinski definition) is 3. The van der Waals surface area contributed by atoms with E-state index in [0.29, 0.717) is 18.4 Å². The number of aliphatic hydroxyl groups is 1. The normalized spacial score (nSPS) is 21.5. The molecule has 3 nitrogen and oxygen atoms in total. The van der Waals surface area contributed by atoms with E-state index >= 15 is 0 Å². The van der Waals surface area contributed by atoms with Crippen molar-refractivity contribution in [3.63, 3.8) is 0 Å². The Morgan fingerprint density at radius 1 is 0.935 bits per heavy atom. The molecule has 0 aliphatic carbocycles. The van der Waals surface area contributed by atoms with Gasteiger partial charge in [-0.2, -0.15) is 0 Å². The van der Waals surface area contributed by atoms with Gasteiger partial charge >= 0.3 is 0 Å². The number of rotatable bonds is 6. The average Bonchev–Trinajstić information content (AvgIpc) is 3.14. The van der Waals surface area contributed by atoms with Crippen LogP contribution in [-0.2, 0) is 0 Å². The van der Waals surface area contributed by atoms with E-state index in [0.717, 1.165) is 38.0 Å². The molecule has 1 unspecified atom stereocenters. The second kappa shape index (κ2) is 8.81. The first-order chi connectivity index (χ1) is 15.2. The Morgan fingerprint density at radius 3 is 2.48 bits per heavy atom. The third-order valence-electron chi connectivity index (χ3n) is 6.83. The lowest BCUT2D eigenvalue weighted by molar-refractivity contribution is 0.145. The Labute approximate surface area is 183 Å². The summed E-state index contributed by atoms with van der Waals surface area (Å²) in [5.41, 5.74) is 4.87. The standard InChI is InChI=1S/C27H29FN2O/c28-21-14-12-20(13-15-21)27(31)11-6-17-29-18-16-26-24(19-29)23-9-4-5-10-25(23)30(26)22-7-2-1-3-8-22/h1-5,7-10,12-15,24,26-27,31H,6,11,16-19H2/t24-,26+,27?/m1/s1. The number of halogens is 1. The highest BCUT2D eigenvalue weighted by atomic mass is 19.1. The van der Waals surface area contributed by atoms with Crippen LogP contribution in [-0.4, -0.2) is 35.7 Å². The SMILES string of the molecule is OC(CCCN1CC[C@H]2[C@H](C1)c1ccccc1N2c1ccccc1)c1ccc(F)cc1. The second-order valence-corrected chi connectivity index (χ2v) is 8.74. The molecule has 1 N–H and O–H groups in total. The number of anilines is 2. The zero-order chi connectivity index (χ0) is 21.2. The molecule has 0 aromatic heterocycles. The van der Waals surface area contributed by atoms with E-state index in [1.807, 2.05) is 0 Å². The first-order valence-corrected chi connectivity index (χ1v) is 11.3. The van der Waals surface area contributed by atoms with Crippen LogP contribution in [0.15, 0.2) is 78.9 Å². The summed E-state index contributed by atoms with van der Waals surface area (Å²) in [6.45, 7) is 3.11. The molecule has 3 aromatic rings. The van der Waals surface area contributed by atoms with Crippen molar-refractivity contribution >= 4 is 11.4 Å². The molecule has 0 amide bonds. The molecule has 0 spiro atoms. The molecule has 0 bridgehead atoms. The van der Waals surface area contributed by atoms with Crippen molar-refractivity contribution in [3.8, 4) is 0 Å². The van der Waals surface area contributed by atoms with Gasteiger partial charge < -0.3 is 14.9 Å². The number of para-hydroxylation sites is 2. The van der Waals surface area contributed by atoms with E-state index in [9.17, 15) is 9.50 Å². The van der Waals surface area contributed by atoms with E-state index in [1.54, 1.807) is 12.1 Å². The molecule has 5 rings (SSSR count). The van der Waals surface area contributed by atoms with Crippen molar-refractivity contribution < 1.29 is 9.50 Å². The highest BCUT2D eigenvalue weighted by Crippen LogP contribution is 2.48. The van der Waals surface area contributed by atoms with Crippen molar-refractivity contribution in [2.45, 2.75) is 37.3 Å². The molecule has 0 radical (unpaired) electrons. The van der Waals surface area contributed by atoms with Crippen LogP contribution in [0, 0.1) is 5.82 Å². The van der Waals surface area contributed by atoms with Crippen molar-refractivity contribution in [2.24, 2.45) is 0 Å². The quantitative estimate of drug-likeness (QED) is 0.563. The third-order valence-corrected chi connectivity index (χ3v) is 6.83. The fraction of sp³-hybridized carbons (Fsp3) is 0.333. The monoisotopic (exact) mass is 416 g/mol. The summed E-state index contributed by atoms with van der Waals surface area (Å²) in [6.07, 6.45) is 2.23. The molecule has 4 heteroatoms. The zero-order valence-corrected chi connectivity index (χ0v) is 17.7.